The second kappa shape index (κ2) is 12.1. The van der Waals surface area contributed by atoms with Gasteiger partial charge >= 0.3 is 0 Å². The van der Waals surface area contributed by atoms with Crippen molar-refractivity contribution in [1.82, 2.24) is 10.2 Å². The number of carbonyl (C=O) groups is 2. The molecule has 0 aromatic heterocycles. The van der Waals surface area contributed by atoms with Crippen LogP contribution >= 0.6 is 23.2 Å². The van der Waals surface area contributed by atoms with Crippen LogP contribution in [0.3, 0.4) is 0 Å². The standard InChI is InChI=1S/C29H33Cl2N3O4S/c1-4-19(3)32-29(36)24(5-2)33(18-20-14-15-22(30)23(31)17-20)27(35)13-8-16-34-25-11-6-9-21-10-7-12-26(28(21)25)39(34,37)38/h6-7,9-12,14-15,17,19,24H,4-5,8,13,16,18H2,1-3H3,(H,32,36)/t19-,24-/m1/s1. The summed E-state index contributed by atoms with van der Waals surface area (Å²) in [5, 5.41) is 5.33. The summed E-state index contributed by atoms with van der Waals surface area (Å²) >= 11 is 12.3. The van der Waals surface area contributed by atoms with E-state index in [-0.39, 0.29) is 42.3 Å². The quantitative estimate of drug-likeness (QED) is 0.290. The van der Waals surface area contributed by atoms with Crippen LogP contribution in [0.25, 0.3) is 10.8 Å². The van der Waals surface area contributed by atoms with Crippen molar-refractivity contribution in [3.63, 3.8) is 0 Å². The number of benzene rings is 3. The number of anilines is 1. The maximum Gasteiger partial charge on any atom is 0.265 e. The van der Waals surface area contributed by atoms with Crippen molar-refractivity contribution in [3.05, 3.63) is 70.2 Å². The highest BCUT2D eigenvalue weighted by atomic mass is 35.5. The van der Waals surface area contributed by atoms with Gasteiger partial charge in [-0.15, -0.1) is 0 Å². The molecule has 1 heterocycles. The van der Waals surface area contributed by atoms with Crippen molar-refractivity contribution in [2.75, 3.05) is 10.8 Å². The second-order valence-corrected chi connectivity index (χ2v) is 12.5. The molecule has 208 valence electrons. The Kier molecular flexibility index (Phi) is 9.09. The summed E-state index contributed by atoms with van der Waals surface area (Å²) in [6, 6.07) is 15.2. The highest BCUT2D eigenvalue weighted by Gasteiger charge is 2.35. The van der Waals surface area contributed by atoms with E-state index in [9.17, 15) is 18.0 Å². The molecule has 1 aliphatic rings. The highest BCUT2D eigenvalue weighted by Crippen LogP contribution is 2.42. The lowest BCUT2D eigenvalue weighted by Crippen LogP contribution is -2.50. The molecule has 3 aromatic rings. The number of sulfonamides is 1. The SMILES string of the molecule is CC[C@@H](C)NC(=O)[C@@H](CC)N(Cc1ccc(Cl)c(Cl)c1)C(=O)CCCN1c2cccc3cccc(c23)S1(=O)=O. The molecule has 4 rings (SSSR count). The molecule has 0 spiro atoms. The predicted molar refractivity (Wildman–Crippen MR) is 157 cm³/mol. The molecule has 39 heavy (non-hydrogen) atoms. The minimum absolute atomic E-state index is 0.0295. The lowest BCUT2D eigenvalue weighted by Gasteiger charge is -2.32. The predicted octanol–water partition coefficient (Wildman–Crippen LogP) is 6.16. The van der Waals surface area contributed by atoms with Gasteiger partial charge in [-0.05, 0) is 61.4 Å². The zero-order chi connectivity index (χ0) is 28.3. The minimum atomic E-state index is -3.71. The Morgan fingerprint density at radius 2 is 1.72 bits per heavy atom. The van der Waals surface area contributed by atoms with E-state index in [1.54, 1.807) is 41.3 Å². The fourth-order valence-electron chi connectivity index (χ4n) is 4.91. The Morgan fingerprint density at radius 1 is 1.00 bits per heavy atom. The molecule has 1 aliphatic heterocycles. The summed E-state index contributed by atoms with van der Waals surface area (Å²) < 4.78 is 28.0. The van der Waals surface area contributed by atoms with E-state index in [4.69, 9.17) is 23.2 Å². The number of hydrogen-bond acceptors (Lipinski definition) is 4. The van der Waals surface area contributed by atoms with E-state index in [2.05, 4.69) is 5.32 Å². The number of carbonyl (C=O) groups excluding carboxylic acids is 2. The number of nitrogens with one attached hydrogen (secondary N) is 1. The van der Waals surface area contributed by atoms with Gasteiger partial charge in [0.2, 0.25) is 11.8 Å². The van der Waals surface area contributed by atoms with Gasteiger partial charge < -0.3 is 10.2 Å². The van der Waals surface area contributed by atoms with Gasteiger partial charge in [0.15, 0.2) is 0 Å². The van der Waals surface area contributed by atoms with E-state index < -0.39 is 16.1 Å². The largest absolute Gasteiger partial charge is 0.352 e. The summed E-state index contributed by atoms with van der Waals surface area (Å²) in [5.41, 5.74) is 1.37. The van der Waals surface area contributed by atoms with Crippen molar-refractivity contribution in [3.8, 4) is 0 Å². The average Bonchev–Trinajstić information content (AvgIpc) is 3.13. The molecule has 2 atom stereocenters. The van der Waals surface area contributed by atoms with Crippen molar-refractivity contribution < 1.29 is 18.0 Å². The summed E-state index contributed by atoms with van der Waals surface area (Å²) in [6.45, 7) is 6.10. The zero-order valence-corrected chi connectivity index (χ0v) is 24.6. The maximum atomic E-state index is 13.6. The third kappa shape index (κ3) is 6.03. The van der Waals surface area contributed by atoms with Crippen LogP contribution in [0.1, 0.15) is 52.0 Å². The van der Waals surface area contributed by atoms with Crippen LogP contribution in [-0.4, -0.2) is 43.8 Å². The number of amides is 2. The Hall–Kier alpha value is -2.81. The summed E-state index contributed by atoms with van der Waals surface area (Å²) in [5.74, 6) is -0.455. The topological polar surface area (TPSA) is 86.8 Å². The number of rotatable bonds is 11. The average molecular weight is 591 g/mol. The lowest BCUT2D eigenvalue weighted by molar-refractivity contribution is -0.141. The first-order chi connectivity index (χ1) is 18.6. The van der Waals surface area contributed by atoms with E-state index in [1.807, 2.05) is 39.0 Å². The lowest BCUT2D eigenvalue weighted by atomic mass is 10.1. The van der Waals surface area contributed by atoms with Crippen LogP contribution in [-0.2, 0) is 26.2 Å². The molecule has 0 bridgehead atoms. The smallest absolute Gasteiger partial charge is 0.265 e. The fraction of sp³-hybridized carbons (Fsp3) is 0.379. The third-order valence-electron chi connectivity index (χ3n) is 7.16. The first kappa shape index (κ1) is 29.2. The molecule has 0 unspecified atom stereocenters. The molecule has 2 amide bonds. The summed E-state index contributed by atoms with van der Waals surface area (Å²) in [7, 11) is -3.71. The van der Waals surface area contributed by atoms with E-state index >= 15 is 0 Å². The molecular weight excluding hydrogens is 557 g/mol. The van der Waals surface area contributed by atoms with E-state index in [1.165, 1.54) is 4.31 Å². The van der Waals surface area contributed by atoms with Crippen LogP contribution in [0.2, 0.25) is 10.0 Å². The van der Waals surface area contributed by atoms with Gasteiger partial charge in [-0.1, -0.05) is 67.4 Å². The summed E-state index contributed by atoms with van der Waals surface area (Å²) in [4.78, 5) is 28.6. The normalized spacial score (nSPS) is 15.3. The molecule has 3 aromatic carbocycles. The Labute approximate surface area is 240 Å². The van der Waals surface area contributed by atoms with Crippen LogP contribution < -0.4 is 9.62 Å². The van der Waals surface area contributed by atoms with Crippen LogP contribution in [0.5, 0.6) is 0 Å². The van der Waals surface area contributed by atoms with Gasteiger partial charge in [-0.3, -0.25) is 13.9 Å². The van der Waals surface area contributed by atoms with Gasteiger partial charge in [0.05, 0.1) is 20.6 Å². The van der Waals surface area contributed by atoms with Crippen LogP contribution in [0.4, 0.5) is 5.69 Å². The monoisotopic (exact) mass is 589 g/mol. The van der Waals surface area contributed by atoms with E-state index in [0.29, 0.717) is 34.0 Å². The molecule has 10 heteroatoms. The molecular formula is C29H33Cl2N3O4S. The molecule has 7 nitrogen and oxygen atoms in total. The van der Waals surface area contributed by atoms with Crippen LogP contribution in [0, 0.1) is 0 Å². The third-order valence-corrected chi connectivity index (χ3v) is 9.75. The van der Waals surface area contributed by atoms with Gasteiger partial charge in [-0.25, -0.2) is 8.42 Å². The van der Waals surface area contributed by atoms with Crippen molar-refractivity contribution in [2.45, 2.75) is 70.0 Å². The first-order valence-electron chi connectivity index (χ1n) is 13.2. The fourth-order valence-corrected chi connectivity index (χ4v) is 6.98. The first-order valence-corrected chi connectivity index (χ1v) is 15.4. The highest BCUT2D eigenvalue weighted by molar-refractivity contribution is 7.93. The number of hydrogen-bond donors (Lipinski definition) is 1. The number of nitrogens with zero attached hydrogens (tertiary/aromatic N) is 2. The second-order valence-electron chi connectivity index (χ2n) is 9.82. The Balaban J connectivity index is 1.53. The van der Waals surface area contributed by atoms with Gasteiger partial charge in [0.1, 0.15) is 6.04 Å². The summed E-state index contributed by atoms with van der Waals surface area (Å²) in [6.07, 6.45) is 1.56. The Morgan fingerprint density at radius 3 is 2.38 bits per heavy atom. The van der Waals surface area contributed by atoms with Crippen LogP contribution in [0.15, 0.2) is 59.5 Å². The van der Waals surface area contributed by atoms with Gasteiger partial charge in [0.25, 0.3) is 10.0 Å². The zero-order valence-electron chi connectivity index (χ0n) is 22.3. The maximum absolute atomic E-state index is 13.6. The molecule has 0 saturated heterocycles. The van der Waals surface area contributed by atoms with Crippen molar-refractivity contribution >= 4 is 61.5 Å². The molecule has 0 fully saturated rings. The Bertz CT molecular complexity index is 1490. The van der Waals surface area contributed by atoms with E-state index in [0.717, 1.165) is 17.4 Å². The van der Waals surface area contributed by atoms with Crippen molar-refractivity contribution in [2.24, 2.45) is 0 Å². The number of halogens is 2. The molecule has 0 aliphatic carbocycles. The van der Waals surface area contributed by atoms with Crippen molar-refractivity contribution in [1.29, 1.82) is 0 Å². The minimum Gasteiger partial charge on any atom is -0.352 e. The molecule has 0 saturated carbocycles. The molecule has 0 radical (unpaired) electrons. The van der Waals surface area contributed by atoms with Gasteiger partial charge in [0, 0.05) is 30.9 Å². The van der Waals surface area contributed by atoms with Gasteiger partial charge in [-0.2, -0.15) is 0 Å². The molecule has 1 N–H and O–H groups in total.